The van der Waals surface area contributed by atoms with Crippen LogP contribution in [-0.2, 0) is 19.5 Å². The smallest absolute Gasteiger partial charge is 0.393 e. The van der Waals surface area contributed by atoms with Crippen molar-refractivity contribution in [2.24, 2.45) is 0 Å². The Labute approximate surface area is 132 Å². The number of nitrogens with one attached hydrogen (secondary N) is 1. The summed E-state index contributed by atoms with van der Waals surface area (Å²) in [4.78, 5) is 0. The van der Waals surface area contributed by atoms with Gasteiger partial charge in [-0.1, -0.05) is 18.2 Å². The van der Waals surface area contributed by atoms with Gasteiger partial charge in [-0.25, -0.2) is 0 Å². The van der Waals surface area contributed by atoms with Crippen molar-refractivity contribution in [1.29, 1.82) is 0 Å². The molecule has 0 radical (unpaired) electrons. The van der Waals surface area contributed by atoms with Gasteiger partial charge >= 0.3 is 6.18 Å². The van der Waals surface area contributed by atoms with E-state index >= 15 is 0 Å². The van der Waals surface area contributed by atoms with E-state index in [1.807, 2.05) is 13.8 Å². The summed E-state index contributed by atoms with van der Waals surface area (Å²) in [6.45, 7) is 4.51. The molecule has 0 saturated heterocycles. The fourth-order valence-corrected chi connectivity index (χ4v) is 2.55. The van der Waals surface area contributed by atoms with Gasteiger partial charge in [-0.15, -0.1) is 0 Å². The monoisotopic (exact) mass is 327 g/mol. The van der Waals surface area contributed by atoms with Gasteiger partial charge in [-0.3, -0.25) is 4.68 Å². The molecule has 0 atom stereocenters. The van der Waals surface area contributed by atoms with Gasteiger partial charge in [0.1, 0.15) is 0 Å². The molecule has 126 valence electrons. The molecule has 1 aromatic carbocycles. The quantitative estimate of drug-likeness (QED) is 0.856. The lowest BCUT2D eigenvalue weighted by molar-refractivity contribution is -0.127. The predicted molar refractivity (Wildman–Crippen MR) is 82.3 cm³/mol. The Morgan fingerprint density at radius 2 is 1.91 bits per heavy atom. The van der Waals surface area contributed by atoms with E-state index in [9.17, 15) is 13.2 Å². The molecule has 1 heterocycles. The Hall–Kier alpha value is -2.02. The largest absolute Gasteiger partial charge is 0.394 e. The van der Waals surface area contributed by atoms with E-state index in [-0.39, 0.29) is 12.2 Å². The number of benzene rings is 1. The van der Waals surface area contributed by atoms with Crippen molar-refractivity contribution in [3.05, 3.63) is 46.8 Å². The van der Waals surface area contributed by atoms with Crippen molar-refractivity contribution in [3.8, 4) is 0 Å². The molecule has 1 aromatic heterocycles. The van der Waals surface area contributed by atoms with Gasteiger partial charge in [0.25, 0.3) is 0 Å². The van der Waals surface area contributed by atoms with Crippen LogP contribution < -0.4 is 5.32 Å². The number of halogens is 3. The van der Waals surface area contributed by atoms with E-state index < -0.39 is 12.6 Å². The maximum absolute atomic E-state index is 12.6. The zero-order chi connectivity index (χ0) is 17.0. The highest BCUT2D eigenvalue weighted by Crippen LogP contribution is 2.26. The molecule has 0 aliphatic heterocycles. The number of para-hydroxylation sites is 1. The maximum Gasteiger partial charge on any atom is 0.393 e. The van der Waals surface area contributed by atoms with Crippen LogP contribution in [0.15, 0.2) is 24.3 Å². The van der Waals surface area contributed by atoms with Crippen molar-refractivity contribution >= 4 is 5.69 Å². The second-order valence-electron chi connectivity index (χ2n) is 5.40. The first-order valence-corrected chi connectivity index (χ1v) is 7.34. The van der Waals surface area contributed by atoms with Gasteiger partial charge in [0.05, 0.1) is 25.3 Å². The lowest BCUT2D eigenvalue weighted by Crippen LogP contribution is -2.14. The average Bonchev–Trinajstić information content (AvgIpc) is 2.72. The number of anilines is 1. The Morgan fingerprint density at radius 3 is 2.57 bits per heavy atom. The van der Waals surface area contributed by atoms with Gasteiger partial charge in [0, 0.05) is 23.5 Å². The normalized spacial score (nSPS) is 11.7. The van der Waals surface area contributed by atoms with Crippen molar-refractivity contribution in [2.45, 2.75) is 39.5 Å². The zero-order valence-electron chi connectivity index (χ0n) is 13.1. The third-order valence-electron chi connectivity index (χ3n) is 3.71. The van der Waals surface area contributed by atoms with Crippen LogP contribution in [0.1, 0.15) is 22.5 Å². The Kier molecular flexibility index (Phi) is 5.30. The standard InChI is InChI=1S/C16H20F3N3O/c1-11-14(12(2)22(21-11)7-8-23)10-20-15-6-4-3-5-13(15)9-16(17,18)19/h3-6,20,23H,7-10H2,1-2H3. The highest BCUT2D eigenvalue weighted by molar-refractivity contribution is 5.52. The van der Waals surface area contributed by atoms with E-state index in [0.29, 0.717) is 18.8 Å². The van der Waals surface area contributed by atoms with Crippen LogP contribution >= 0.6 is 0 Å². The molecule has 0 aliphatic rings. The number of aliphatic hydroxyl groups is 1. The lowest BCUT2D eigenvalue weighted by Gasteiger charge is -2.14. The van der Waals surface area contributed by atoms with E-state index in [4.69, 9.17) is 5.11 Å². The lowest BCUT2D eigenvalue weighted by atomic mass is 10.1. The number of nitrogens with zero attached hydrogens (tertiary/aromatic N) is 2. The summed E-state index contributed by atoms with van der Waals surface area (Å²) >= 11 is 0. The summed E-state index contributed by atoms with van der Waals surface area (Å²) in [5, 5.41) is 16.4. The van der Waals surface area contributed by atoms with Gasteiger partial charge in [0.15, 0.2) is 0 Å². The zero-order valence-corrected chi connectivity index (χ0v) is 13.1. The number of alkyl halides is 3. The first-order chi connectivity index (χ1) is 10.8. The molecule has 0 spiro atoms. The summed E-state index contributed by atoms with van der Waals surface area (Å²) in [5.74, 6) is 0. The first kappa shape index (κ1) is 17.3. The number of aryl methyl sites for hydroxylation is 1. The Bertz CT molecular complexity index is 665. The molecule has 7 heteroatoms. The van der Waals surface area contributed by atoms with Crippen LogP contribution in [0.2, 0.25) is 0 Å². The molecule has 4 nitrogen and oxygen atoms in total. The SMILES string of the molecule is Cc1nn(CCO)c(C)c1CNc1ccccc1CC(F)(F)F. The molecule has 0 bridgehead atoms. The van der Waals surface area contributed by atoms with Gasteiger partial charge in [-0.2, -0.15) is 18.3 Å². The van der Waals surface area contributed by atoms with E-state index in [2.05, 4.69) is 10.4 Å². The number of aromatic nitrogens is 2. The third kappa shape index (κ3) is 4.48. The third-order valence-corrected chi connectivity index (χ3v) is 3.71. The molecule has 23 heavy (non-hydrogen) atoms. The second-order valence-corrected chi connectivity index (χ2v) is 5.40. The molecule has 2 aromatic rings. The molecule has 2 N–H and O–H groups in total. The maximum atomic E-state index is 12.6. The van der Waals surface area contributed by atoms with Crippen molar-refractivity contribution in [2.75, 3.05) is 11.9 Å². The molecule has 0 amide bonds. The first-order valence-electron chi connectivity index (χ1n) is 7.34. The van der Waals surface area contributed by atoms with Gasteiger partial charge < -0.3 is 10.4 Å². The molecule has 0 saturated carbocycles. The molecule has 0 fully saturated rings. The number of hydrogen-bond acceptors (Lipinski definition) is 3. The van der Waals surface area contributed by atoms with E-state index in [1.165, 1.54) is 6.07 Å². The number of hydrogen-bond donors (Lipinski definition) is 2. The number of rotatable bonds is 6. The summed E-state index contributed by atoms with van der Waals surface area (Å²) in [5.41, 5.74) is 3.32. The van der Waals surface area contributed by atoms with Crippen LogP contribution in [-0.4, -0.2) is 27.7 Å². The minimum atomic E-state index is -4.24. The molecular weight excluding hydrogens is 307 g/mol. The van der Waals surface area contributed by atoms with Crippen molar-refractivity contribution < 1.29 is 18.3 Å². The highest BCUT2D eigenvalue weighted by atomic mass is 19.4. The fraction of sp³-hybridized carbons (Fsp3) is 0.438. The van der Waals surface area contributed by atoms with Crippen LogP contribution in [0.4, 0.5) is 18.9 Å². The van der Waals surface area contributed by atoms with Gasteiger partial charge in [0.2, 0.25) is 0 Å². The number of aliphatic hydroxyl groups excluding tert-OH is 1. The van der Waals surface area contributed by atoms with Gasteiger partial charge in [-0.05, 0) is 25.5 Å². The highest BCUT2D eigenvalue weighted by Gasteiger charge is 2.28. The summed E-state index contributed by atoms with van der Waals surface area (Å²) in [7, 11) is 0. The van der Waals surface area contributed by atoms with Crippen molar-refractivity contribution in [3.63, 3.8) is 0 Å². The predicted octanol–water partition coefficient (Wildman–Crippen LogP) is 3.21. The summed E-state index contributed by atoms with van der Waals surface area (Å²) < 4.78 is 39.6. The van der Waals surface area contributed by atoms with E-state index in [1.54, 1.807) is 22.9 Å². The minimum Gasteiger partial charge on any atom is -0.394 e. The van der Waals surface area contributed by atoms with Crippen molar-refractivity contribution in [1.82, 2.24) is 9.78 Å². The van der Waals surface area contributed by atoms with Crippen LogP contribution in [0.25, 0.3) is 0 Å². The summed E-state index contributed by atoms with van der Waals surface area (Å²) in [6, 6.07) is 6.42. The molecule has 0 aliphatic carbocycles. The Morgan fingerprint density at radius 1 is 1.22 bits per heavy atom. The average molecular weight is 327 g/mol. The summed E-state index contributed by atoms with van der Waals surface area (Å²) in [6.07, 6.45) is -5.20. The topological polar surface area (TPSA) is 50.1 Å². The second kappa shape index (κ2) is 7.04. The van der Waals surface area contributed by atoms with Crippen LogP contribution in [0.5, 0.6) is 0 Å². The molecule has 2 rings (SSSR count). The Balaban J connectivity index is 2.16. The van der Waals surface area contributed by atoms with E-state index in [0.717, 1.165) is 17.0 Å². The van der Waals surface area contributed by atoms with Crippen LogP contribution in [0, 0.1) is 13.8 Å². The molecular formula is C16H20F3N3O. The molecule has 0 unspecified atom stereocenters. The fourth-order valence-electron chi connectivity index (χ4n) is 2.55. The minimum absolute atomic E-state index is 0.0107. The van der Waals surface area contributed by atoms with Crippen LogP contribution in [0.3, 0.4) is 0 Å².